The lowest BCUT2D eigenvalue weighted by Crippen LogP contribution is -2.49. The first-order valence-electron chi connectivity index (χ1n) is 12.4. The summed E-state index contributed by atoms with van der Waals surface area (Å²) in [6.45, 7) is 3.64. The number of aryl methyl sites for hydroxylation is 1. The number of amides is 2. The fourth-order valence-electron chi connectivity index (χ4n) is 4.50. The molecule has 2 aromatic rings. The summed E-state index contributed by atoms with van der Waals surface area (Å²) in [5, 5.41) is 3.02. The molecule has 2 aromatic carbocycles. The molecule has 1 aliphatic rings. The highest BCUT2D eigenvalue weighted by atomic mass is 32.2. The predicted molar refractivity (Wildman–Crippen MR) is 139 cm³/mol. The molecule has 1 saturated carbocycles. The van der Waals surface area contributed by atoms with Crippen LogP contribution in [0.5, 0.6) is 0 Å². The van der Waals surface area contributed by atoms with Crippen molar-refractivity contribution in [2.75, 3.05) is 17.1 Å². The molecule has 0 spiro atoms. The molecule has 0 aliphatic heterocycles. The van der Waals surface area contributed by atoms with Crippen molar-refractivity contribution < 1.29 is 22.4 Å². The van der Waals surface area contributed by atoms with Gasteiger partial charge in [0.05, 0.1) is 11.9 Å². The highest BCUT2D eigenvalue weighted by Gasteiger charge is 2.29. The molecule has 1 aliphatic carbocycles. The van der Waals surface area contributed by atoms with E-state index >= 15 is 0 Å². The average molecular weight is 518 g/mol. The maximum absolute atomic E-state index is 14.4. The van der Waals surface area contributed by atoms with Crippen LogP contribution in [0.2, 0.25) is 0 Å². The normalized spacial score (nSPS) is 14.9. The lowest BCUT2D eigenvalue weighted by molar-refractivity contribution is -0.141. The summed E-state index contributed by atoms with van der Waals surface area (Å²) in [5.41, 5.74) is 1.86. The molecule has 1 atom stereocenters. The second-order valence-corrected chi connectivity index (χ2v) is 11.5. The van der Waals surface area contributed by atoms with Crippen LogP contribution in [-0.4, -0.2) is 50.0 Å². The molecule has 1 fully saturated rings. The van der Waals surface area contributed by atoms with Crippen molar-refractivity contribution >= 4 is 27.5 Å². The van der Waals surface area contributed by atoms with Crippen molar-refractivity contribution in [3.63, 3.8) is 0 Å². The van der Waals surface area contributed by atoms with E-state index in [9.17, 15) is 22.4 Å². The minimum atomic E-state index is -3.55. The van der Waals surface area contributed by atoms with Gasteiger partial charge >= 0.3 is 0 Å². The van der Waals surface area contributed by atoms with E-state index in [0.717, 1.165) is 37.5 Å². The van der Waals surface area contributed by atoms with Gasteiger partial charge in [0.2, 0.25) is 21.8 Å². The maximum Gasteiger partial charge on any atom is 0.242 e. The third-order valence-electron chi connectivity index (χ3n) is 6.64. The largest absolute Gasteiger partial charge is 0.352 e. The van der Waals surface area contributed by atoms with Crippen LogP contribution in [0.25, 0.3) is 0 Å². The van der Waals surface area contributed by atoms with Gasteiger partial charge in [-0.05, 0) is 51.3 Å². The number of hydrogen-bond acceptors (Lipinski definition) is 4. The Morgan fingerprint density at radius 3 is 2.33 bits per heavy atom. The fourth-order valence-corrected chi connectivity index (χ4v) is 5.47. The molecule has 1 unspecified atom stereocenters. The number of nitrogens with zero attached hydrogens (tertiary/aromatic N) is 2. The molecule has 7 nitrogen and oxygen atoms in total. The summed E-state index contributed by atoms with van der Waals surface area (Å²) in [7, 11) is -3.55. The third kappa shape index (κ3) is 7.53. The summed E-state index contributed by atoms with van der Waals surface area (Å²) in [6, 6.07) is 12.6. The maximum atomic E-state index is 14.4. The Bertz CT molecular complexity index is 1150. The van der Waals surface area contributed by atoms with Gasteiger partial charge in [-0.2, -0.15) is 0 Å². The van der Waals surface area contributed by atoms with Crippen molar-refractivity contribution in [1.82, 2.24) is 10.2 Å². The number of carbonyl (C=O) groups excluding carboxylic acids is 2. The SMILES string of the molecule is Cc1ccc(N(CCCC(=O)N(Cc2ccccc2F)C(C)C(=O)NC2CCCC2)S(C)(=O)=O)cc1. The molecular weight excluding hydrogens is 481 g/mol. The topological polar surface area (TPSA) is 86.8 Å². The predicted octanol–water partition coefficient (Wildman–Crippen LogP) is 4.16. The van der Waals surface area contributed by atoms with E-state index in [-0.39, 0.29) is 43.8 Å². The number of anilines is 1. The molecule has 0 saturated heterocycles. The number of rotatable bonds is 11. The van der Waals surface area contributed by atoms with Crippen LogP contribution < -0.4 is 9.62 Å². The van der Waals surface area contributed by atoms with E-state index in [1.165, 1.54) is 15.3 Å². The number of benzene rings is 2. The molecular formula is C27H36FN3O4S. The van der Waals surface area contributed by atoms with Crippen LogP contribution in [0.4, 0.5) is 10.1 Å². The van der Waals surface area contributed by atoms with Crippen LogP contribution >= 0.6 is 0 Å². The quantitative estimate of drug-likeness (QED) is 0.485. The van der Waals surface area contributed by atoms with Gasteiger partial charge in [0.15, 0.2) is 0 Å². The Morgan fingerprint density at radius 2 is 1.72 bits per heavy atom. The highest BCUT2D eigenvalue weighted by molar-refractivity contribution is 7.92. The van der Waals surface area contributed by atoms with E-state index in [0.29, 0.717) is 11.3 Å². The van der Waals surface area contributed by atoms with Gasteiger partial charge in [0.1, 0.15) is 11.9 Å². The third-order valence-corrected chi connectivity index (χ3v) is 7.84. The Labute approximate surface area is 213 Å². The summed E-state index contributed by atoms with van der Waals surface area (Å²) in [4.78, 5) is 27.7. The Balaban J connectivity index is 1.72. The average Bonchev–Trinajstić information content (AvgIpc) is 3.34. The van der Waals surface area contributed by atoms with Crippen LogP contribution in [0.3, 0.4) is 0 Å². The van der Waals surface area contributed by atoms with Gasteiger partial charge in [0, 0.05) is 31.1 Å². The number of carbonyl (C=O) groups is 2. The van der Waals surface area contributed by atoms with E-state index < -0.39 is 21.9 Å². The van der Waals surface area contributed by atoms with E-state index in [4.69, 9.17) is 0 Å². The molecule has 36 heavy (non-hydrogen) atoms. The molecule has 0 radical (unpaired) electrons. The summed E-state index contributed by atoms with van der Waals surface area (Å²) < 4.78 is 40.5. The van der Waals surface area contributed by atoms with E-state index in [2.05, 4.69) is 5.32 Å². The molecule has 0 aromatic heterocycles. The minimum Gasteiger partial charge on any atom is -0.352 e. The number of sulfonamides is 1. The zero-order chi connectivity index (χ0) is 26.3. The standard InChI is InChI=1S/C27H36FN3O4S/c1-20-14-16-24(17-15-20)31(36(3,34)35)18-8-13-26(32)30(19-22-9-4-7-12-25(22)28)21(2)27(33)29-23-10-5-6-11-23/h4,7,9,12,14-17,21,23H,5-6,8,10-11,13,18-19H2,1-3H3,(H,29,33). The molecule has 196 valence electrons. The van der Waals surface area contributed by atoms with Crippen LogP contribution in [-0.2, 0) is 26.2 Å². The summed E-state index contributed by atoms with van der Waals surface area (Å²) in [6.07, 6.45) is 5.37. The first kappa shape index (κ1) is 27.6. The minimum absolute atomic E-state index is 0.0212. The summed E-state index contributed by atoms with van der Waals surface area (Å²) >= 11 is 0. The zero-order valence-corrected chi connectivity index (χ0v) is 22.1. The molecule has 0 heterocycles. The van der Waals surface area contributed by atoms with Gasteiger partial charge in [-0.1, -0.05) is 48.7 Å². The molecule has 3 rings (SSSR count). The van der Waals surface area contributed by atoms with Crippen molar-refractivity contribution in [2.45, 2.75) is 71.0 Å². The van der Waals surface area contributed by atoms with E-state index in [1.54, 1.807) is 37.3 Å². The van der Waals surface area contributed by atoms with E-state index in [1.807, 2.05) is 19.1 Å². The second-order valence-electron chi connectivity index (χ2n) is 9.55. The molecule has 1 N–H and O–H groups in total. The van der Waals surface area contributed by atoms with Crippen LogP contribution in [0.15, 0.2) is 48.5 Å². The van der Waals surface area contributed by atoms with Gasteiger partial charge in [0.25, 0.3) is 0 Å². The smallest absolute Gasteiger partial charge is 0.242 e. The lowest BCUT2D eigenvalue weighted by Gasteiger charge is -2.30. The molecule has 9 heteroatoms. The Kier molecular flexibility index (Phi) is 9.48. The first-order valence-corrected chi connectivity index (χ1v) is 14.3. The first-order chi connectivity index (χ1) is 17.1. The summed E-state index contributed by atoms with van der Waals surface area (Å²) in [5.74, 6) is -1.03. The highest BCUT2D eigenvalue weighted by Crippen LogP contribution is 2.21. The van der Waals surface area contributed by atoms with Crippen molar-refractivity contribution in [1.29, 1.82) is 0 Å². The second kappa shape index (κ2) is 12.3. The van der Waals surface area contributed by atoms with Crippen molar-refractivity contribution in [3.05, 3.63) is 65.5 Å². The number of hydrogen-bond donors (Lipinski definition) is 1. The van der Waals surface area contributed by atoms with Crippen molar-refractivity contribution in [2.24, 2.45) is 0 Å². The zero-order valence-electron chi connectivity index (χ0n) is 21.2. The number of nitrogens with one attached hydrogen (secondary N) is 1. The van der Waals surface area contributed by atoms with Crippen LogP contribution in [0.1, 0.15) is 56.6 Å². The van der Waals surface area contributed by atoms with Gasteiger partial charge in [-0.3, -0.25) is 13.9 Å². The van der Waals surface area contributed by atoms with Crippen LogP contribution in [0, 0.1) is 12.7 Å². The number of halogens is 1. The lowest BCUT2D eigenvalue weighted by atomic mass is 10.1. The molecule has 0 bridgehead atoms. The Morgan fingerprint density at radius 1 is 1.08 bits per heavy atom. The Hall–Kier alpha value is -2.94. The monoisotopic (exact) mass is 517 g/mol. The van der Waals surface area contributed by atoms with Gasteiger partial charge in [-0.15, -0.1) is 0 Å². The van der Waals surface area contributed by atoms with Gasteiger partial charge < -0.3 is 10.2 Å². The van der Waals surface area contributed by atoms with Gasteiger partial charge in [-0.25, -0.2) is 12.8 Å². The molecule has 2 amide bonds. The fraction of sp³-hybridized carbons (Fsp3) is 0.481. The van der Waals surface area contributed by atoms with Crippen molar-refractivity contribution in [3.8, 4) is 0 Å².